The second-order valence-electron chi connectivity index (χ2n) is 5.12. The molecular weight excluding hydrogens is 283 g/mol. The summed E-state index contributed by atoms with van der Waals surface area (Å²) in [6, 6.07) is 2.29. The Kier molecular flexibility index (Phi) is 6.22. The minimum absolute atomic E-state index is 0.0216. The smallest absolute Gasteiger partial charge is 0.370 e. The summed E-state index contributed by atoms with van der Waals surface area (Å²) in [6.07, 6.45) is -3.62. The number of nitrogen functional groups attached to an aromatic ring is 1. The first-order chi connectivity index (χ1) is 9.74. The first-order valence-corrected chi connectivity index (χ1v) is 6.74. The lowest BCUT2D eigenvalue weighted by Gasteiger charge is -2.20. The van der Waals surface area contributed by atoms with E-state index in [0.29, 0.717) is 12.6 Å². The van der Waals surface area contributed by atoms with Crippen molar-refractivity contribution in [2.75, 3.05) is 30.9 Å². The summed E-state index contributed by atoms with van der Waals surface area (Å²) in [4.78, 5) is 6.12. The van der Waals surface area contributed by atoms with Crippen LogP contribution in [-0.2, 0) is 6.18 Å². The molecule has 0 saturated heterocycles. The molecule has 0 aliphatic rings. The predicted molar refractivity (Wildman–Crippen MR) is 77.9 cm³/mol. The molecule has 0 bridgehead atoms. The number of nitrogens with two attached hydrogens (primary N) is 1. The van der Waals surface area contributed by atoms with Crippen molar-refractivity contribution < 1.29 is 13.2 Å². The average Bonchev–Trinajstić information content (AvgIpc) is 2.41. The lowest BCUT2D eigenvalue weighted by atomic mass is 10.2. The number of alkyl halides is 3. The molecular formula is C13H22F3N5. The predicted octanol–water partition coefficient (Wildman–Crippen LogP) is 2.53. The van der Waals surface area contributed by atoms with Crippen molar-refractivity contribution >= 4 is 11.6 Å². The molecule has 0 saturated carbocycles. The van der Waals surface area contributed by atoms with E-state index < -0.39 is 11.7 Å². The average molecular weight is 305 g/mol. The van der Waals surface area contributed by atoms with Gasteiger partial charge >= 0.3 is 6.18 Å². The van der Waals surface area contributed by atoms with Crippen molar-refractivity contribution in [3.8, 4) is 0 Å². The highest BCUT2D eigenvalue weighted by molar-refractivity contribution is 5.49. The van der Waals surface area contributed by atoms with Gasteiger partial charge in [-0.1, -0.05) is 0 Å². The van der Waals surface area contributed by atoms with Gasteiger partial charge in [0.1, 0.15) is 11.6 Å². The zero-order valence-electron chi connectivity index (χ0n) is 12.5. The van der Waals surface area contributed by atoms with Crippen LogP contribution in [0.15, 0.2) is 12.1 Å². The Morgan fingerprint density at radius 2 is 1.90 bits per heavy atom. The van der Waals surface area contributed by atoms with Crippen LogP contribution in [0, 0.1) is 0 Å². The van der Waals surface area contributed by atoms with E-state index in [1.54, 1.807) is 0 Å². The number of nitrogens with zero attached hydrogens (tertiary/aromatic N) is 2. The molecule has 0 unspecified atom stereocenters. The number of aromatic nitrogens is 1. The summed E-state index contributed by atoms with van der Waals surface area (Å²) in [5.41, 5.74) is 1.36. The molecule has 0 atom stereocenters. The van der Waals surface area contributed by atoms with E-state index in [4.69, 9.17) is 5.84 Å². The number of anilines is 2. The maximum absolute atomic E-state index is 12.7. The molecule has 120 valence electrons. The molecule has 0 amide bonds. The third-order valence-corrected chi connectivity index (χ3v) is 3.18. The van der Waals surface area contributed by atoms with Crippen molar-refractivity contribution in [2.24, 2.45) is 5.84 Å². The molecule has 8 heteroatoms. The van der Waals surface area contributed by atoms with Crippen LogP contribution >= 0.6 is 0 Å². The van der Waals surface area contributed by atoms with Crippen LogP contribution in [0.4, 0.5) is 24.8 Å². The van der Waals surface area contributed by atoms with Gasteiger partial charge in [0, 0.05) is 12.6 Å². The minimum atomic E-state index is -4.43. The monoisotopic (exact) mass is 305 g/mol. The van der Waals surface area contributed by atoms with Crippen LogP contribution in [-0.4, -0.2) is 36.1 Å². The van der Waals surface area contributed by atoms with Gasteiger partial charge in [0.15, 0.2) is 0 Å². The Labute approximate surface area is 122 Å². The van der Waals surface area contributed by atoms with Crippen LogP contribution in [0.2, 0.25) is 0 Å². The van der Waals surface area contributed by atoms with Crippen molar-refractivity contribution in [2.45, 2.75) is 32.5 Å². The lowest BCUT2D eigenvalue weighted by molar-refractivity contribution is -0.137. The molecule has 0 aliphatic heterocycles. The van der Waals surface area contributed by atoms with Gasteiger partial charge < -0.3 is 15.6 Å². The van der Waals surface area contributed by atoms with Crippen LogP contribution in [0.1, 0.15) is 25.8 Å². The highest BCUT2D eigenvalue weighted by atomic mass is 19.4. The summed E-state index contributed by atoms with van der Waals surface area (Å²) in [6.45, 7) is 5.56. The normalized spacial score (nSPS) is 12.0. The molecule has 0 spiro atoms. The van der Waals surface area contributed by atoms with Gasteiger partial charge in [-0.2, -0.15) is 13.2 Å². The summed E-state index contributed by atoms with van der Waals surface area (Å²) >= 11 is 0. The summed E-state index contributed by atoms with van der Waals surface area (Å²) in [5.74, 6) is 5.28. The quantitative estimate of drug-likeness (QED) is 0.410. The molecule has 1 aromatic heterocycles. The van der Waals surface area contributed by atoms with Gasteiger partial charge in [0.05, 0.1) is 5.56 Å². The van der Waals surface area contributed by atoms with Gasteiger partial charge in [-0.3, -0.25) is 0 Å². The number of pyridine rings is 1. The zero-order valence-corrected chi connectivity index (χ0v) is 12.5. The Bertz CT molecular complexity index is 448. The maximum Gasteiger partial charge on any atom is 0.416 e. The topological polar surface area (TPSA) is 66.2 Å². The molecule has 0 fully saturated rings. The lowest BCUT2D eigenvalue weighted by Crippen LogP contribution is -2.28. The summed E-state index contributed by atoms with van der Waals surface area (Å²) < 4.78 is 38.2. The van der Waals surface area contributed by atoms with Crippen molar-refractivity contribution in [3.63, 3.8) is 0 Å². The van der Waals surface area contributed by atoms with E-state index >= 15 is 0 Å². The molecule has 1 heterocycles. The van der Waals surface area contributed by atoms with Gasteiger partial charge in [-0.15, -0.1) is 0 Å². The SMILES string of the molecule is CC(C)N(C)CCCNc1cc(C(F)(F)F)cc(NN)n1. The Morgan fingerprint density at radius 3 is 2.43 bits per heavy atom. The second-order valence-corrected chi connectivity index (χ2v) is 5.12. The van der Waals surface area contributed by atoms with Crippen molar-refractivity contribution in [1.29, 1.82) is 0 Å². The van der Waals surface area contributed by atoms with E-state index in [1.165, 1.54) is 0 Å². The van der Waals surface area contributed by atoms with Crippen molar-refractivity contribution in [3.05, 3.63) is 17.7 Å². The van der Waals surface area contributed by atoms with Crippen LogP contribution in [0.3, 0.4) is 0 Å². The highest BCUT2D eigenvalue weighted by Gasteiger charge is 2.31. The highest BCUT2D eigenvalue weighted by Crippen LogP contribution is 2.31. The fourth-order valence-electron chi connectivity index (χ4n) is 1.66. The Morgan fingerprint density at radius 1 is 1.29 bits per heavy atom. The molecule has 1 aromatic rings. The zero-order chi connectivity index (χ0) is 16.0. The Hall–Kier alpha value is -1.54. The van der Waals surface area contributed by atoms with Gasteiger partial charge in [0.2, 0.25) is 0 Å². The third-order valence-electron chi connectivity index (χ3n) is 3.18. The van der Waals surface area contributed by atoms with E-state index in [9.17, 15) is 13.2 Å². The Balaban J connectivity index is 2.62. The largest absolute Gasteiger partial charge is 0.416 e. The number of rotatable bonds is 7. The summed E-state index contributed by atoms with van der Waals surface area (Å²) in [7, 11) is 2.00. The molecule has 0 aromatic carbocycles. The van der Waals surface area contributed by atoms with E-state index in [1.807, 2.05) is 7.05 Å². The number of hydrazine groups is 1. The first-order valence-electron chi connectivity index (χ1n) is 6.74. The fraction of sp³-hybridized carbons (Fsp3) is 0.615. The number of halogens is 3. The van der Waals surface area contributed by atoms with Gasteiger partial charge in [-0.25, -0.2) is 10.8 Å². The van der Waals surface area contributed by atoms with E-state index in [0.717, 1.165) is 25.1 Å². The number of nitrogens with one attached hydrogen (secondary N) is 2. The molecule has 0 radical (unpaired) electrons. The second kappa shape index (κ2) is 7.46. The molecule has 1 rings (SSSR count). The molecule has 4 N–H and O–H groups in total. The van der Waals surface area contributed by atoms with Crippen LogP contribution in [0.25, 0.3) is 0 Å². The third kappa shape index (κ3) is 5.76. The first kappa shape index (κ1) is 17.5. The minimum Gasteiger partial charge on any atom is -0.370 e. The van der Waals surface area contributed by atoms with E-state index in [-0.39, 0.29) is 11.6 Å². The maximum atomic E-state index is 12.7. The van der Waals surface area contributed by atoms with Crippen LogP contribution in [0.5, 0.6) is 0 Å². The van der Waals surface area contributed by atoms with E-state index in [2.05, 4.69) is 34.5 Å². The van der Waals surface area contributed by atoms with Crippen molar-refractivity contribution in [1.82, 2.24) is 9.88 Å². The number of hydrogen-bond acceptors (Lipinski definition) is 5. The van der Waals surface area contributed by atoms with Gasteiger partial charge in [0.25, 0.3) is 0 Å². The fourth-order valence-corrected chi connectivity index (χ4v) is 1.66. The molecule has 21 heavy (non-hydrogen) atoms. The summed E-state index contributed by atoms with van der Waals surface area (Å²) in [5, 5.41) is 2.89. The molecule has 5 nitrogen and oxygen atoms in total. The number of hydrogen-bond donors (Lipinski definition) is 3. The standard InChI is InChI=1S/C13H22F3N5/c1-9(2)21(3)6-4-5-18-11-7-10(13(14,15)16)8-12(19-11)20-17/h7-9H,4-6,17H2,1-3H3,(H2,18,19,20). The van der Waals surface area contributed by atoms with Crippen LogP contribution < -0.4 is 16.6 Å². The van der Waals surface area contributed by atoms with Gasteiger partial charge in [-0.05, 0) is 46.0 Å². The molecule has 0 aliphatic carbocycles.